The van der Waals surface area contributed by atoms with Crippen molar-refractivity contribution >= 4 is 5.69 Å². The van der Waals surface area contributed by atoms with Crippen LogP contribution >= 0.6 is 0 Å². The van der Waals surface area contributed by atoms with Crippen LogP contribution in [0, 0.1) is 0 Å². The maximum absolute atomic E-state index is 9.37. The van der Waals surface area contributed by atoms with E-state index in [2.05, 4.69) is 11.8 Å². The molecule has 0 amide bonds. The lowest BCUT2D eigenvalue weighted by Crippen LogP contribution is -2.29. The van der Waals surface area contributed by atoms with E-state index in [0.29, 0.717) is 13.2 Å². The van der Waals surface area contributed by atoms with E-state index < -0.39 is 0 Å². The quantitative estimate of drug-likeness (QED) is 0.512. The summed E-state index contributed by atoms with van der Waals surface area (Å²) in [6, 6.07) is 5.73. The molecule has 0 unspecified atom stereocenters. The molecule has 0 saturated heterocycles. The minimum Gasteiger partial charge on any atom is -0.394 e. The van der Waals surface area contributed by atoms with E-state index in [1.165, 1.54) is 6.42 Å². The molecule has 5 heteroatoms. The molecule has 0 aliphatic rings. The highest BCUT2D eigenvalue weighted by Gasteiger charge is 2.09. The first-order valence-corrected chi connectivity index (χ1v) is 8.03. The van der Waals surface area contributed by atoms with Gasteiger partial charge in [0.15, 0.2) is 0 Å². The number of unbranched alkanes of at least 4 members (excludes halogenated alkanes) is 2. The number of nitrogens with zero attached hydrogens (tertiary/aromatic N) is 1. The number of rotatable bonds is 12. The van der Waals surface area contributed by atoms with Gasteiger partial charge in [0, 0.05) is 18.8 Å². The predicted molar refractivity (Wildman–Crippen MR) is 87.9 cm³/mol. The second-order valence-electron chi connectivity index (χ2n) is 5.35. The third-order valence-electron chi connectivity index (χ3n) is 3.54. The van der Waals surface area contributed by atoms with Gasteiger partial charge >= 0.3 is 0 Å². The van der Waals surface area contributed by atoms with Gasteiger partial charge in [0.25, 0.3) is 0 Å². The molecule has 1 aromatic rings. The van der Waals surface area contributed by atoms with Crippen LogP contribution in [0.4, 0.5) is 5.69 Å². The fraction of sp³-hybridized carbons (Fsp3) is 0.647. The molecular weight excluding hydrogens is 282 g/mol. The highest BCUT2D eigenvalue weighted by molar-refractivity contribution is 5.51. The Morgan fingerprint density at radius 2 is 1.59 bits per heavy atom. The number of ether oxygens (including phenoxy) is 1. The third-order valence-corrected chi connectivity index (χ3v) is 3.54. The highest BCUT2D eigenvalue weighted by atomic mass is 16.5. The monoisotopic (exact) mass is 311 g/mol. The van der Waals surface area contributed by atoms with Crippen LogP contribution in [0.5, 0.6) is 0 Å². The molecule has 0 spiro atoms. The van der Waals surface area contributed by atoms with Crippen LogP contribution in [0.1, 0.15) is 37.3 Å². The van der Waals surface area contributed by atoms with Crippen molar-refractivity contribution < 1.29 is 20.1 Å². The van der Waals surface area contributed by atoms with Gasteiger partial charge in [-0.1, -0.05) is 25.8 Å². The number of aliphatic hydroxyl groups is 3. The topological polar surface area (TPSA) is 73.2 Å². The molecule has 0 bridgehead atoms. The fourth-order valence-corrected chi connectivity index (χ4v) is 2.37. The van der Waals surface area contributed by atoms with Gasteiger partial charge < -0.3 is 25.0 Å². The summed E-state index contributed by atoms with van der Waals surface area (Å²) in [6.45, 7) is 4.66. The smallest absolute Gasteiger partial charge is 0.0698 e. The van der Waals surface area contributed by atoms with Crippen molar-refractivity contribution in [2.75, 3.05) is 37.8 Å². The highest BCUT2D eigenvalue weighted by Crippen LogP contribution is 2.20. The van der Waals surface area contributed by atoms with Crippen LogP contribution in [0.2, 0.25) is 0 Å². The summed E-state index contributed by atoms with van der Waals surface area (Å²) in [5.41, 5.74) is 2.61. The molecule has 22 heavy (non-hydrogen) atoms. The van der Waals surface area contributed by atoms with Gasteiger partial charge in [-0.25, -0.2) is 0 Å². The van der Waals surface area contributed by atoms with Crippen molar-refractivity contribution in [2.24, 2.45) is 0 Å². The summed E-state index contributed by atoms with van der Waals surface area (Å²) in [7, 11) is 0. The van der Waals surface area contributed by atoms with E-state index >= 15 is 0 Å². The summed E-state index contributed by atoms with van der Waals surface area (Å²) in [6.07, 6.45) is 3.42. The summed E-state index contributed by atoms with van der Waals surface area (Å²) >= 11 is 0. The summed E-state index contributed by atoms with van der Waals surface area (Å²) < 4.78 is 5.36. The number of hydrogen-bond donors (Lipinski definition) is 3. The average molecular weight is 311 g/mol. The molecule has 0 fully saturated rings. The van der Waals surface area contributed by atoms with Gasteiger partial charge in [-0.05, 0) is 29.7 Å². The van der Waals surface area contributed by atoms with E-state index in [1.807, 2.05) is 18.2 Å². The molecule has 1 rings (SSSR count). The minimum absolute atomic E-state index is 0.0322. The lowest BCUT2D eigenvalue weighted by Gasteiger charge is -2.26. The molecule has 0 radical (unpaired) electrons. The normalized spacial score (nSPS) is 10.9. The Morgan fingerprint density at radius 3 is 2.14 bits per heavy atom. The van der Waals surface area contributed by atoms with E-state index in [-0.39, 0.29) is 19.8 Å². The summed E-state index contributed by atoms with van der Waals surface area (Å²) in [5.74, 6) is 0. The van der Waals surface area contributed by atoms with Crippen molar-refractivity contribution in [2.45, 2.75) is 39.4 Å². The molecule has 0 aromatic heterocycles. The Labute approximate surface area is 133 Å². The molecule has 3 N–H and O–H groups in total. The number of anilines is 1. The lowest BCUT2D eigenvalue weighted by molar-refractivity contribution is 0.0966. The molecule has 1 aromatic carbocycles. The largest absolute Gasteiger partial charge is 0.394 e. The van der Waals surface area contributed by atoms with Gasteiger partial charge in [0.05, 0.1) is 33.0 Å². The average Bonchev–Trinajstić information content (AvgIpc) is 2.56. The van der Waals surface area contributed by atoms with Crippen LogP contribution in [0.15, 0.2) is 18.2 Å². The molecule has 126 valence electrons. The molecule has 0 aliphatic heterocycles. The molecule has 5 nitrogen and oxygen atoms in total. The Kier molecular flexibility index (Phi) is 9.82. The maximum atomic E-state index is 9.37. The van der Waals surface area contributed by atoms with E-state index in [4.69, 9.17) is 9.84 Å². The van der Waals surface area contributed by atoms with E-state index in [0.717, 1.165) is 42.7 Å². The summed E-state index contributed by atoms with van der Waals surface area (Å²) in [4.78, 5) is 2.21. The molecule has 0 saturated carbocycles. The van der Waals surface area contributed by atoms with Crippen LogP contribution < -0.4 is 4.90 Å². The van der Waals surface area contributed by atoms with Crippen molar-refractivity contribution in [3.8, 4) is 0 Å². The second kappa shape index (κ2) is 11.4. The van der Waals surface area contributed by atoms with Gasteiger partial charge in [-0.3, -0.25) is 0 Å². The zero-order valence-electron chi connectivity index (χ0n) is 13.5. The Balaban J connectivity index is 2.78. The number of aliphatic hydroxyl groups excluding tert-OH is 3. The SMILES string of the molecule is CCCCCN(CCOCCO)c1cc(CO)cc(CO)c1. The van der Waals surface area contributed by atoms with Crippen molar-refractivity contribution in [1.29, 1.82) is 0 Å². The molecule has 0 atom stereocenters. The van der Waals surface area contributed by atoms with Gasteiger partial charge in [-0.2, -0.15) is 0 Å². The van der Waals surface area contributed by atoms with E-state index in [1.54, 1.807) is 0 Å². The van der Waals surface area contributed by atoms with Gasteiger partial charge in [-0.15, -0.1) is 0 Å². The predicted octanol–water partition coefficient (Wildman–Crippen LogP) is 1.68. The second-order valence-corrected chi connectivity index (χ2v) is 5.35. The van der Waals surface area contributed by atoms with Crippen LogP contribution in [-0.2, 0) is 18.0 Å². The van der Waals surface area contributed by atoms with Crippen molar-refractivity contribution in [1.82, 2.24) is 0 Å². The Morgan fingerprint density at radius 1 is 0.909 bits per heavy atom. The number of hydrogen-bond acceptors (Lipinski definition) is 5. The molecule has 0 heterocycles. The van der Waals surface area contributed by atoms with Gasteiger partial charge in [0.2, 0.25) is 0 Å². The van der Waals surface area contributed by atoms with E-state index in [9.17, 15) is 10.2 Å². The van der Waals surface area contributed by atoms with Crippen molar-refractivity contribution in [3.05, 3.63) is 29.3 Å². The first-order valence-electron chi connectivity index (χ1n) is 8.03. The molecular formula is C17H29NO4. The first-order chi connectivity index (χ1) is 10.7. The number of benzene rings is 1. The van der Waals surface area contributed by atoms with Crippen LogP contribution in [0.3, 0.4) is 0 Å². The summed E-state index contributed by atoms with van der Waals surface area (Å²) in [5, 5.41) is 27.5. The maximum Gasteiger partial charge on any atom is 0.0698 e. The Bertz CT molecular complexity index is 389. The fourth-order valence-electron chi connectivity index (χ4n) is 2.37. The minimum atomic E-state index is -0.0371. The lowest BCUT2D eigenvalue weighted by atomic mass is 10.1. The van der Waals surface area contributed by atoms with Gasteiger partial charge in [0.1, 0.15) is 0 Å². The van der Waals surface area contributed by atoms with Crippen LogP contribution in [-0.4, -0.2) is 48.2 Å². The molecule has 0 aliphatic carbocycles. The Hall–Kier alpha value is -1.14. The first kappa shape index (κ1) is 18.9. The van der Waals surface area contributed by atoms with Crippen LogP contribution in [0.25, 0.3) is 0 Å². The standard InChI is InChI=1S/C17H29NO4/c1-2-3-4-5-18(6-8-22-9-7-19)17-11-15(13-20)10-16(12-17)14-21/h10-12,19-21H,2-9,13-14H2,1H3. The third kappa shape index (κ3) is 6.75. The zero-order valence-corrected chi connectivity index (χ0v) is 13.5. The van der Waals surface area contributed by atoms with Crippen molar-refractivity contribution in [3.63, 3.8) is 0 Å². The zero-order chi connectivity index (χ0) is 16.2.